The first-order valence-electron chi connectivity index (χ1n) is 8.82. The highest BCUT2D eigenvalue weighted by atomic mass is 32.1. The SMILES string of the molecule is O=C(NC1CN(c2ncccn2)C1)N1CC(Oc2cccc3scnc23)C1. The Morgan fingerprint density at radius 2 is 1.93 bits per heavy atom. The highest BCUT2D eigenvalue weighted by Crippen LogP contribution is 2.29. The fourth-order valence-electron chi connectivity index (χ4n) is 3.27. The van der Waals surface area contributed by atoms with Gasteiger partial charge in [-0.05, 0) is 18.2 Å². The van der Waals surface area contributed by atoms with Crippen molar-refractivity contribution >= 4 is 33.5 Å². The molecule has 138 valence electrons. The quantitative estimate of drug-likeness (QED) is 0.740. The molecule has 0 radical (unpaired) electrons. The van der Waals surface area contributed by atoms with Gasteiger partial charge in [-0.1, -0.05) is 6.07 Å². The summed E-state index contributed by atoms with van der Waals surface area (Å²) in [6.45, 7) is 2.64. The third kappa shape index (κ3) is 3.14. The van der Waals surface area contributed by atoms with E-state index in [0.717, 1.165) is 29.1 Å². The van der Waals surface area contributed by atoms with Gasteiger partial charge in [0.15, 0.2) is 0 Å². The fraction of sp³-hybridized carbons (Fsp3) is 0.333. The highest BCUT2D eigenvalue weighted by molar-refractivity contribution is 7.16. The second kappa shape index (κ2) is 6.66. The van der Waals surface area contributed by atoms with Gasteiger partial charge < -0.3 is 19.9 Å². The van der Waals surface area contributed by atoms with Crippen LogP contribution in [0.15, 0.2) is 42.2 Å². The highest BCUT2D eigenvalue weighted by Gasteiger charge is 2.36. The van der Waals surface area contributed by atoms with Crippen molar-refractivity contribution in [1.29, 1.82) is 0 Å². The number of anilines is 1. The molecule has 2 fully saturated rings. The molecular weight excluding hydrogens is 364 g/mol. The van der Waals surface area contributed by atoms with Crippen LogP contribution in [0, 0.1) is 0 Å². The number of thiazole rings is 1. The molecule has 0 atom stereocenters. The Labute approximate surface area is 159 Å². The predicted octanol–water partition coefficient (Wildman–Crippen LogP) is 1.75. The Morgan fingerprint density at radius 1 is 1.11 bits per heavy atom. The zero-order chi connectivity index (χ0) is 18.2. The topological polar surface area (TPSA) is 83.5 Å². The Morgan fingerprint density at radius 3 is 2.74 bits per heavy atom. The van der Waals surface area contributed by atoms with E-state index < -0.39 is 0 Å². The first kappa shape index (κ1) is 16.2. The summed E-state index contributed by atoms with van der Waals surface area (Å²) in [5.74, 6) is 1.49. The van der Waals surface area contributed by atoms with E-state index in [2.05, 4.69) is 20.3 Å². The Kier molecular flexibility index (Phi) is 4.01. The number of para-hydroxylation sites is 1. The summed E-state index contributed by atoms with van der Waals surface area (Å²) in [5, 5.41) is 3.05. The van der Waals surface area contributed by atoms with Gasteiger partial charge >= 0.3 is 6.03 Å². The average Bonchev–Trinajstić information content (AvgIpc) is 3.10. The number of urea groups is 1. The first-order chi connectivity index (χ1) is 13.3. The molecule has 8 nitrogen and oxygen atoms in total. The smallest absolute Gasteiger partial charge is 0.317 e. The maximum atomic E-state index is 12.3. The number of benzene rings is 1. The molecule has 0 aliphatic carbocycles. The van der Waals surface area contributed by atoms with Crippen LogP contribution >= 0.6 is 11.3 Å². The Bertz CT molecular complexity index is 953. The van der Waals surface area contributed by atoms with Crippen LogP contribution < -0.4 is 15.0 Å². The van der Waals surface area contributed by atoms with Gasteiger partial charge in [0, 0.05) is 25.5 Å². The molecule has 4 heterocycles. The Hall–Kier alpha value is -2.94. The van der Waals surface area contributed by atoms with E-state index in [4.69, 9.17) is 4.74 Å². The molecule has 2 aliphatic heterocycles. The third-order valence-corrected chi connectivity index (χ3v) is 5.59. The van der Waals surface area contributed by atoms with Gasteiger partial charge in [0.2, 0.25) is 5.95 Å². The lowest BCUT2D eigenvalue weighted by Gasteiger charge is -2.43. The average molecular weight is 382 g/mol. The first-order valence-corrected chi connectivity index (χ1v) is 9.70. The van der Waals surface area contributed by atoms with Crippen molar-refractivity contribution in [2.24, 2.45) is 0 Å². The van der Waals surface area contributed by atoms with Gasteiger partial charge in [-0.25, -0.2) is 19.7 Å². The number of nitrogens with one attached hydrogen (secondary N) is 1. The summed E-state index contributed by atoms with van der Waals surface area (Å²) in [6.07, 6.45) is 3.46. The molecule has 2 saturated heterocycles. The maximum absolute atomic E-state index is 12.3. The third-order valence-electron chi connectivity index (χ3n) is 4.80. The second-order valence-electron chi connectivity index (χ2n) is 6.70. The van der Waals surface area contributed by atoms with Crippen molar-refractivity contribution in [2.75, 3.05) is 31.1 Å². The molecule has 1 N–H and O–H groups in total. The molecule has 2 amide bonds. The molecule has 2 aromatic heterocycles. The second-order valence-corrected chi connectivity index (χ2v) is 7.59. The normalized spacial score (nSPS) is 17.5. The van der Waals surface area contributed by atoms with Gasteiger partial charge in [0.25, 0.3) is 0 Å². The Balaban J connectivity index is 1.09. The number of aromatic nitrogens is 3. The molecule has 3 aromatic rings. The van der Waals surface area contributed by atoms with Crippen molar-refractivity contribution in [3.8, 4) is 5.75 Å². The number of carbonyl (C=O) groups excluding carboxylic acids is 1. The van der Waals surface area contributed by atoms with E-state index in [9.17, 15) is 4.79 Å². The lowest BCUT2D eigenvalue weighted by molar-refractivity contribution is 0.0439. The van der Waals surface area contributed by atoms with Crippen LogP contribution in [0.4, 0.5) is 10.7 Å². The van der Waals surface area contributed by atoms with E-state index in [1.54, 1.807) is 34.7 Å². The van der Waals surface area contributed by atoms with Crippen molar-refractivity contribution < 1.29 is 9.53 Å². The maximum Gasteiger partial charge on any atom is 0.317 e. The molecule has 5 rings (SSSR count). The number of amides is 2. The van der Waals surface area contributed by atoms with Gasteiger partial charge in [-0.15, -0.1) is 11.3 Å². The number of likely N-dealkylation sites (tertiary alicyclic amines) is 1. The van der Waals surface area contributed by atoms with E-state index in [0.29, 0.717) is 19.0 Å². The van der Waals surface area contributed by atoms with Crippen molar-refractivity contribution in [1.82, 2.24) is 25.2 Å². The molecule has 9 heteroatoms. The molecule has 2 aliphatic rings. The van der Waals surface area contributed by atoms with E-state index in [1.807, 2.05) is 28.6 Å². The number of ether oxygens (including phenoxy) is 1. The minimum absolute atomic E-state index is 0.0126. The van der Waals surface area contributed by atoms with Crippen LogP contribution in [0.2, 0.25) is 0 Å². The largest absolute Gasteiger partial charge is 0.484 e. The summed E-state index contributed by atoms with van der Waals surface area (Å²) in [6, 6.07) is 7.81. The number of nitrogens with zero attached hydrogens (tertiary/aromatic N) is 5. The molecular formula is C18H18N6O2S. The van der Waals surface area contributed by atoms with Crippen molar-refractivity contribution in [2.45, 2.75) is 12.1 Å². The monoisotopic (exact) mass is 382 g/mol. The van der Waals surface area contributed by atoms with Crippen molar-refractivity contribution in [3.05, 3.63) is 42.2 Å². The van der Waals surface area contributed by atoms with E-state index >= 15 is 0 Å². The summed E-state index contributed by atoms with van der Waals surface area (Å²) in [4.78, 5) is 28.9. The minimum atomic E-state index is -0.0413. The van der Waals surface area contributed by atoms with Gasteiger partial charge in [-0.2, -0.15) is 0 Å². The molecule has 0 unspecified atom stereocenters. The van der Waals surface area contributed by atoms with E-state index in [-0.39, 0.29) is 18.2 Å². The van der Waals surface area contributed by atoms with Crippen LogP contribution in [0.1, 0.15) is 0 Å². The van der Waals surface area contributed by atoms with Gasteiger partial charge in [0.05, 0.1) is 29.3 Å². The van der Waals surface area contributed by atoms with Gasteiger partial charge in [0.1, 0.15) is 17.4 Å². The minimum Gasteiger partial charge on any atom is -0.484 e. The number of carbonyl (C=O) groups is 1. The number of hydrogen-bond donors (Lipinski definition) is 1. The summed E-state index contributed by atoms with van der Waals surface area (Å²) >= 11 is 1.60. The summed E-state index contributed by atoms with van der Waals surface area (Å²) in [7, 11) is 0. The number of hydrogen-bond acceptors (Lipinski definition) is 7. The molecule has 0 spiro atoms. The van der Waals surface area contributed by atoms with Crippen LogP contribution in [-0.2, 0) is 0 Å². The lowest BCUT2D eigenvalue weighted by Crippen LogP contribution is -2.65. The summed E-state index contributed by atoms with van der Waals surface area (Å²) < 4.78 is 7.13. The zero-order valence-electron chi connectivity index (χ0n) is 14.5. The van der Waals surface area contributed by atoms with Crippen LogP contribution in [-0.4, -0.2) is 64.2 Å². The standard InChI is InChI=1S/C18H18N6O2S/c25-18(22-12-7-23(8-12)17-19-5-2-6-20-17)24-9-13(10-24)26-14-3-1-4-15-16(14)21-11-27-15/h1-6,11-13H,7-10H2,(H,22,25). The number of rotatable bonds is 4. The van der Waals surface area contributed by atoms with Gasteiger partial charge in [-0.3, -0.25) is 0 Å². The molecule has 1 aromatic carbocycles. The lowest BCUT2D eigenvalue weighted by atomic mass is 10.1. The summed E-state index contributed by atoms with van der Waals surface area (Å²) in [5.41, 5.74) is 2.71. The zero-order valence-corrected chi connectivity index (χ0v) is 15.3. The number of fused-ring (bicyclic) bond motifs is 1. The fourth-order valence-corrected chi connectivity index (χ4v) is 3.96. The predicted molar refractivity (Wildman–Crippen MR) is 102 cm³/mol. The van der Waals surface area contributed by atoms with Crippen LogP contribution in [0.25, 0.3) is 10.2 Å². The molecule has 0 bridgehead atoms. The van der Waals surface area contributed by atoms with Crippen LogP contribution in [0.5, 0.6) is 5.75 Å². The molecule has 0 saturated carbocycles. The van der Waals surface area contributed by atoms with Crippen LogP contribution in [0.3, 0.4) is 0 Å². The molecule has 27 heavy (non-hydrogen) atoms. The van der Waals surface area contributed by atoms with E-state index in [1.165, 1.54) is 0 Å². The van der Waals surface area contributed by atoms with Crippen molar-refractivity contribution in [3.63, 3.8) is 0 Å².